The van der Waals surface area contributed by atoms with Crippen LogP contribution in [0.3, 0.4) is 0 Å². The van der Waals surface area contributed by atoms with Crippen LogP contribution in [-0.2, 0) is 22.7 Å². The lowest BCUT2D eigenvalue weighted by Gasteiger charge is -2.19. The minimum absolute atomic E-state index is 0.0988. The molecule has 0 spiro atoms. The molecular formula is C23H29N3O2. The molecule has 0 saturated carbocycles. The highest BCUT2D eigenvalue weighted by Gasteiger charge is 2.23. The van der Waals surface area contributed by atoms with Crippen LogP contribution >= 0.6 is 0 Å². The van der Waals surface area contributed by atoms with Gasteiger partial charge in [-0.3, -0.25) is 14.5 Å². The predicted molar refractivity (Wildman–Crippen MR) is 112 cm³/mol. The summed E-state index contributed by atoms with van der Waals surface area (Å²) < 4.78 is 0. The fraction of sp³-hybridized carbons (Fsp3) is 0.391. The Morgan fingerprint density at radius 3 is 2.46 bits per heavy atom. The Hall–Kier alpha value is -2.66. The maximum absolute atomic E-state index is 12.8. The zero-order valence-electron chi connectivity index (χ0n) is 16.9. The van der Waals surface area contributed by atoms with E-state index in [1.807, 2.05) is 42.5 Å². The molecule has 0 unspecified atom stereocenters. The molecule has 0 aromatic heterocycles. The van der Waals surface area contributed by atoms with Crippen LogP contribution in [0.15, 0.2) is 48.5 Å². The van der Waals surface area contributed by atoms with E-state index < -0.39 is 0 Å². The van der Waals surface area contributed by atoms with Crippen molar-refractivity contribution in [3.8, 4) is 0 Å². The van der Waals surface area contributed by atoms with Crippen molar-refractivity contribution in [1.82, 2.24) is 10.2 Å². The third kappa shape index (κ3) is 5.20. The molecule has 1 aliphatic heterocycles. The SMILES string of the molecule is CC(=O)N[C@@H](CC(=O)Nc1cccc2c1CN(CC(C)C)C2)c1ccccc1. The van der Waals surface area contributed by atoms with Gasteiger partial charge in [-0.1, -0.05) is 56.3 Å². The number of hydrogen-bond acceptors (Lipinski definition) is 3. The summed E-state index contributed by atoms with van der Waals surface area (Å²) in [5.74, 6) is 0.363. The van der Waals surface area contributed by atoms with E-state index in [0.717, 1.165) is 30.9 Å². The Labute approximate surface area is 167 Å². The average molecular weight is 380 g/mol. The smallest absolute Gasteiger partial charge is 0.226 e. The van der Waals surface area contributed by atoms with Gasteiger partial charge in [-0.25, -0.2) is 0 Å². The summed E-state index contributed by atoms with van der Waals surface area (Å²) >= 11 is 0. The van der Waals surface area contributed by atoms with Crippen LogP contribution in [-0.4, -0.2) is 23.3 Å². The first kappa shape index (κ1) is 20.1. The molecule has 148 valence electrons. The Morgan fingerprint density at radius 1 is 1.04 bits per heavy atom. The first-order chi connectivity index (χ1) is 13.4. The van der Waals surface area contributed by atoms with Gasteiger partial charge in [-0.05, 0) is 28.7 Å². The van der Waals surface area contributed by atoms with Crippen molar-refractivity contribution in [2.75, 3.05) is 11.9 Å². The van der Waals surface area contributed by atoms with Crippen LogP contribution in [0.1, 0.15) is 49.9 Å². The summed E-state index contributed by atoms with van der Waals surface area (Å²) in [6.07, 6.45) is 0.197. The molecule has 0 aliphatic carbocycles. The first-order valence-electron chi connectivity index (χ1n) is 9.87. The summed E-state index contributed by atoms with van der Waals surface area (Å²) in [5, 5.41) is 5.96. The quantitative estimate of drug-likeness (QED) is 0.768. The molecule has 3 rings (SSSR count). The van der Waals surface area contributed by atoms with Crippen LogP contribution in [0.25, 0.3) is 0 Å². The lowest BCUT2D eigenvalue weighted by atomic mass is 10.0. The number of hydrogen-bond donors (Lipinski definition) is 2. The maximum Gasteiger partial charge on any atom is 0.226 e. The lowest BCUT2D eigenvalue weighted by Crippen LogP contribution is -2.30. The van der Waals surface area contributed by atoms with E-state index in [0.29, 0.717) is 5.92 Å². The average Bonchev–Trinajstić information content (AvgIpc) is 3.04. The number of rotatable bonds is 7. The minimum atomic E-state index is -0.340. The van der Waals surface area contributed by atoms with Gasteiger partial charge in [0.2, 0.25) is 11.8 Å². The van der Waals surface area contributed by atoms with Crippen molar-refractivity contribution < 1.29 is 9.59 Å². The van der Waals surface area contributed by atoms with Gasteiger partial charge in [0.25, 0.3) is 0 Å². The van der Waals surface area contributed by atoms with Crippen LogP contribution in [0.5, 0.6) is 0 Å². The third-order valence-electron chi connectivity index (χ3n) is 4.92. The molecule has 2 amide bonds. The van der Waals surface area contributed by atoms with Crippen molar-refractivity contribution in [3.05, 3.63) is 65.2 Å². The summed E-state index contributed by atoms with van der Waals surface area (Å²) in [4.78, 5) is 26.8. The summed E-state index contributed by atoms with van der Waals surface area (Å²) in [6.45, 7) is 8.74. The summed E-state index contributed by atoms with van der Waals surface area (Å²) in [5.41, 5.74) is 4.28. The van der Waals surface area contributed by atoms with E-state index >= 15 is 0 Å². The molecule has 5 heteroatoms. The number of nitrogens with one attached hydrogen (secondary N) is 2. The molecule has 5 nitrogen and oxygen atoms in total. The zero-order valence-corrected chi connectivity index (χ0v) is 16.9. The number of fused-ring (bicyclic) bond motifs is 1. The highest BCUT2D eigenvalue weighted by molar-refractivity contribution is 5.92. The lowest BCUT2D eigenvalue weighted by molar-refractivity contribution is -0.120. The summed E-state index contributed by atoms with van der Waals surface area (Å²) in [7, 11) is 0. The third-order valence-corrected chi connectivity index (χ3v) is 4.92. The molecule has 0 radical (unpaired) electrons. The van der Waals surface area contributed by atoms with Crippen molar-refractivity contribution in [2.24, 2.45) is 5.92 Å². The molecule has 0 bridgehead atoms. The number of amides is 2. The second kappa shape index (κ2) is 9.02. The predicted octanol–water partition coefficient (Wildman–Crippen LogP) is 3.86. The highest BCUT2D eigenvalue weighted by Crippen LogP contribution is 2.30. The van der Waals surface area contributed by atoms with Gasteiger partial charge >= 0.3 is 0 Å². The maximum atomic E-state index is 12.8. The Kier molecular flexibility index (Phi) is 6.47. The van der Waals surface area contributed by atoms with Crippen molar-refractivity contribution in [2.45, 2.75) is 46.3 Å². The standard InChI is InChI=1S/C23H29N3O2/c1-16(2)13-26-14-19-10-7-11-21(20(19)15-26)25-23(28)12-22(24-17(3)27)18-8-5-4-6-9-18/h4-11,16,22H,12-15H2,1-3H3,(H,24,27)(H,25,28)/t22-/m0/s1. The van der Waals surface area contributed by atoms with Crippen LogP contribution in [0, 0.1) is 5.92 Å². The van der Waals surface area contributed by atoms with Gasteiger partial charge in [0.15, 0.2) is 0 Å². The number of anilines is 1. The van der Waals surface area contributed by atoms with Crippen LogP contribution < -0.4 is 10.6 Å². The Bertz CT molecular complexity index is 833. The van der Waals surface area contributed by atoms with E-state index in [9.17, 15) is 9.59 Å². The van der Waals surface area contributed by atoms with Gasteiger partial charge in [0.1, 0.15) is 0 Å². The Morgan fingerprint density at radius 2 is 1.79 bits per heavy atom. The second-order valence-corrected chi connectivity index (χ2v) is 7.92. The number of carbonyl (C=O) groups excluding carboxylic acids is 2. The number of nitrogens with zero attached hydrogens (tertiary/aromatic N) is 1. The van der Waals surface area contributed by atoms with Crippen LogP contribution in [0.2, 0.25) is 0 Å². The van der Waals surface area contributed by atoms with E-state index in [1.165, 1.54) is 18.1 Å². The van der Waals surface area contributed by atoms with E-state index in [2.05, 4.69) is 35.4 Å². The molecular weight excluding hydrogens is 350 g/mol. The highest BCUT2D eigenvalue weighted by atomic mass is 16.2. The van der Waals surface area contributed by atoms with Crippen molar-refractivity contribution in [3.63, 3.8) is 0 Å². The molecule has 0 saturated heterocycles. The minimum Gasteiger partial charge on any atom is -0.349 e. The fourth-order valence-corrected chi connectivity index (χ4v) is 3.82. The molecule has 1 aliphatic rings. The van der Waals surface area contributed by atoms with E-state index in [4.69, 9.17) is 0 Å². The molecule has 1 atom stereocenters. The van der Waals surface area contributed by atoms with Crippen molar-refractivity contribution in [1.29, 1.82) is 0 Å². The van der Waals surface area contributed by atoms with Gasteiger partial charge < -0.3 is 10.6 Å². The number of carbonyl (C=O) groups is 2. The van der Waals surface area contributed by atoms with Gasteiger partial charge in [-0.2, -0.15) is 0 Å². The number of benzene rings is 2. The molecule has 1 heterocycles. The monoisotopic (exact) mass is 379 g/mol. The van der Waals surface area contributed by atoms with Crippen LogP contribution in [0.4, 0.5) is 5.69 Å². The largest absolute Gasteiger partial charge is 0.349 e. The zero-order chi connectivity index (χ0) is 20.1. The normalized spacial score (nSPS) is 14.6. The molecule has 2 aromatic carbocycles. The summed E-state index contributed by atoms with van der Waals surface area (Å²) in [6, 6.07) is 15.4. The fourth-order valence-electron chi connectivity index (χ4n) is 3.82. The van der Waals surface area contributed by atoms with Gasteiger partial charge in [-0.15, -0.1) is 0 Å². The van der Waals surface area contributed by atoms with Crippen molar-refractivity contribution >= 4 is 17.5 Å². The molecule has 0 fully saturated rings. The van der Waals surface area contributed by atoms with Gasteiger partial charge in [0.05, 0.1) is 12.5 Å². The Balaban J connectivity index is 1.70. The molecule has 28 heavy (non-hydrogen) atoms. The second-order valence-electron chi connectivity index (χ2n) is 7.92. The molecule has 2 N–H and O–H groups in total. The van der Waals surface area contributed by atoms with Gasteiger partial charge in [0, 0.05) is 32.2 Å². The van der Waals surface area contributed by atoms with E-state index in [1.54, 1.807) is 0 Å². The topological polar surface area (TPSA) is 61.4 Å². The molecule has 2 aromatic rings. The first-order valence-corrected chi connectivity index (χ1v) is 9.87. The van der Waals surface area contributed by atoms with E-state index in [-0.39, 0.29) is 24.3 Å².